The molecule has 0 spiro atoms. The number of aromatic carboxylic acids is 1. The van der Waals surface area contributed by atoms with Crippen molar-refractivity contribution in [1.82, 2.24) is 9.03 Å². The molecule has 0 amide bonds. The number of nitrogens with zero attached hydrogens (tertiary/aromatic N) is 1. The number of aliphatic hydroxyl groups is 1. The SMILES string of the molecule is O=C(O)c1ccc(CCN2C(O)CNS2(O)O)cc1. The molecule has 7 nitrogen and oxygen atoms in total. The highest BCUT2D eigenvalue weighted by Crippen LogP contribution is 2.43. The lowest BCUT2D eigenvalue weighted by atomic mass is 10.1. The summed E-state index contributed by atoms with van der Waals surface area (Å²) in [6.07, 6.45) is -0.447. The number of aliphatic hydroxyl groups excluding tert-OH is 1. The molecule has 1 aliphatic heterocycles. The third-order valence-corrected chi connectivity index (χ3v) is 4.57. The van der Waals surface area contributed by atoms with E-state index in [0.717, 1.165) is 5.56 Å². The summed E-state index contributed by atoms with van der Waals surface area (Å²) in [7, 11) is -3.09. The minimum absolute atomic E-state index is 0.111. The van der Waals surface area contributed by atoms with Crippen LogP contribution < -0.4 is 4.72 Å². The van der Waals surface area contributed by atoms with Crippen molar-refractivity contribution in [2.45, 2.75) is 12.6 Å². The van der Waals surface area contributed by atoms with E-state index in [2.05, 4.69) is 4.72 Å². The van der Waals surface area contributed by atoms with E-state index in [1.54, 1.807) is 12.1 Å². The van der Waals surface area contributed by atoms with Crippen LogP contribution in [-0.4, -0.2) is 48.9 Å². The second kappa shape index (κ2) is 5.45. The Morgan fingerprint density at radius 1 is 1.37 bits per heavy atom. The minimum Gasteiger partial charge on any atom is -0.478 e. The first-order chi connectivity index (χ1) is 8.90. The van der Waals surface area contributed by atoms with Crippen LogP contribution >= 0.6 is 11.0 Å². The lowest BCUT2D eigenvalue weighted by molar-refractivity contribution is 0.0696. The Labute approximate surface area is 112 Å². The zero-order chi connectivity index (χ0) is 14.0. The summed E-state index contributed by atoms with van der Waals surface area (Å²) in [4.78, 5) is 10.7. The number of carboxylic acid groups (broad SMARTS) is 1. The molecule has 8 heteroatoms. The molecule has 1 unspecified atom stereocenters. The summed E-state index contributed by atoms with van der Waals surface area (Å²) in [5, 5.41) is 18.4. The van der Waals surface area contributed by atoms with Gasteiger partial charge in [0, 0.05) is 6.54 Å². The molecule has 0 aromatic heterocycles. The van der Waals surface area contributed by atoms with Crippen LogP contribution in [0.2, 0.25) is 0 Å². The van der Waals surface area contributed by atoms with Crippen LogP contribution in [0.25, 0.3) is 0 Å². The number of benzene rings is 1. The molecule has 1 fully saturated rings. The first-order valence-corrected chi connectivity index (χ1v) is 7.20. The summed E-state index contributed by atoms with van der Waals surface area (Å²) in [6.45, 7) is 0.378. The fourth-order valence-corrected chi connectivity index (χ4v) is 3.17. The van der Waals surface area contributed by atoms with Crippen LogP contribution in [0.15, 0.2) is 24.3 Å². The van der Waals surface area contributed by atoms with Gasteiger partial charge in [-0.2, -0.15) is 4.31 Å². The molecule has 0 aliphatic carbocycles. The highest BCUT2D eigenvalue weighted by atomic mass is 32.3. The number of carbonyl (C=O) groups is 1. The Kier molecular flexibility index (Phi) is 4.09. The average molecular weight is 288 g/mol. The van der Waals surface area contributed by atoms with E-state index < -0.39 is 23.2 Å². The zero-order valence-electron chi connectivity index (χ0n) is 10.1. The van der Waals surface area contributed by atoms with Gasteiger partial charge in [-0.05, 0) is 24.1 Å². The largest absolute Gasteiger partial charge is 0.478 e. The molecule has 1 atom stereocenters. The third-order valence-electron chi connectivity index (χ3n) is 2.94. The van der Waals surface area contributed by atoms with Gasteiger partial charge in [-0.3, -0.25) is 9.11 Å². The average Bonchev–Trinajstić information content (AvgIpc) is 2.62. The summed E-state index contributed by atoms with van der Waals surface area (Å²) in [6, 6.07) is 6.33. The monoisotopic (exact) mass is 288 g/mol. The summed E-state index contributed by atoms with van der Waals surface area (Å²) < 4.78 is 22.9. The molecule has 1 aromatic rings. The first kappa shape index (κ1) is 14.3. The van der Waals surface area contributed by atoms with Crippen molar-refractivity contribution in [2.75, 3.05) is 13.1 Å². The molecule has 1 saturated heterocycles. The van der Waals surface area contributed by atoms with Crippen molar-refractivity contribution >= 4 is 16.9 Å². The lowest BCUT2D eigenvalue weighted by Crippen LogP contribution is -2.33. The molecule has 1 heterocycles. The third kappa shape index (κ3) is 3.24. The molecule has 1 aliphatic rings. The van der Waals surface area contributed by atoms with Gasteiger partial charge >= 0.3 is 5.97 Å². The van der Waals surface area contributed by atoms with Crippen molar-refractivity contribution in [3.8, 4) is 0 Å². The van der Waals surface area contributed by atoms with E-state index in [1.165, 1.54) is 16.4 Å². The smallest absolute Gasteiger partial charge is 0.335 e. The Bertz CT molecular complexity index is 465. The Balaban J connectivity index is 1.97. The number of β-amino-alcohol motifs (C(OH)–C–C–N with tert-alkyl or cyclic N) is 1. The molecule has 0 radical (unpaired) electrons. The molecule has 19 heavy (non-hydrogen) atoms. The second-order valence-corrected chi connectivity index (χ2v) is 6.04. The summed E-state index contributed by atoms with van der Waals surface area (Å²) in [5.41, 5.74) is 1.07. The van der Waals surface area contributed by atoms with Crippen LogP contribution in [0.4, 0.5) is 0 Å². The molecule has 2 rings (SSSR count). The lowest BCUT2D eigenvalue weighted by Gasteiger charge is -2.36. The zero-order valence-corrected chi connectivity index (χ0v) is 10.9. The van der Waals surface area contributed by atoms with Crippen LogP contribution in [0.3, 0.4) is 0 Å². The van der Waals surface area contributed by atoms with E-state index in [0.29, 0.717) is 6.42 Å². The topological polar surface area (TPSA) is 113 Å². The van der Waals surface area contributed by atoms with Gasteiger partial charge in [-0.15, -0.1) is 0 Å². The van der Waals surface area contributed by atoms with E-state index in [1.807, 2.05) is 0 Å². The van der Waals surface area contributed by atoms with Crippen LogP contribution in [0.5, 0.6) is 0 Å². The Morgan fingerprint density at radius 2 is 2.00 bits per heavy atom. The molecular formula is C11H16N2O5S. The summed E-state index contributed by atoms with van der Waals surface area (Å²) in [5.74, 6) is -0.986. The molecule has 1 aromatic carbocycles. The molecular weight excluding hydrogens is 272 g/mol. The maximum absolute atomic E-state index is 10.7. The summed E-state index contributed by atoms with van der Waals surface area (Å²) >= 11 is 0. The molecule has 5 N–H and O–H groups in total. The van der Waals surface area contributed by atoms with E-state index in [4.69, 9.17) is 5.11 Å². The van der Waals surface area contributed by atoms with Gasteiger partial charge in [0.25, 0.3) is 0 Å². The van der Waals surface area contributed by atoms with Gasteiger partial charge in [0.1, 0.15) is 6.23 Å². The Morgan fingerprint density at radius 3 is 2.47 bits per heavy atom. The van der Waals surface area contributed by atoms with Crippen molar-refractivity contribution in [2.24, 2.45) is 0 Å². The van der Waals surface area contributed by atoms with Crippen molar-refractivity contribution < 1.29 is 24.1 Å². The predicted octanol–water partition coefficient (Wildman–Crippen LogP) is 0.732. The first-order valence-electron chi connectivity index (χ1n) is 5.70. The maximum atomic E-state index is 10.7. The highest BCUT2D eigenvalue weighted by Gasteiger charge is 2.35. The van der Waals surface area contributed by atoms with E-state index >= 15 is 0 Å². The predicted molar refractivity (Wildman–Crippen MR) is 70.7 cm³/mol. The number of hydrogen-bond donors (Lipinski definition) is 5. The number of rotatable bonds is 4. The molecule has 0 saturated carbocycles. The molecule has 0 bridgehead atoms. The van der Waals surface area contributed by atoms with E-state index in [-0.39, 0.29) is 18.7 Å². The van der Waals surface area contributed by atoms with Crippen LogP contribution in [0, 0.1) is 0 Å². The van der Waals surface area contributed by atoms with Gasteiger partial charge < -0.3 is 10.2 Å². The van der Waals surface area contributed by atoms with Gasteiger partial charge in [0.05, 0.1) is 12.1 Å². The maximum Gasteiger partial charge on any atom is 0.335 e. The number of nitrogens with one attached hydrogen (secondary N) is 1. The quantitative estimate of drug-likeness (QED) is 0.555. The van der Waals surface area contributed by atoms with Gasteiger partial charge in [-0.1, -0.05) is 23.1 Å². The van der Waals surface area contributed by atoms with Crippen molar-refractivity contribution in [1.29, 1.82) is 0 Å². The number of carboxylic acids is 1. The van der Waals surface area contributed by atoms with Crippen LogP contribution in [0.1, 0.15) is 15.9 Å². The van der Waals surface area contributed by atoms with Crippen molar-refractivity contribution in [3.05, 3.63) is 35.4 Å². The van der Waals surface area contributed by atoms with Gasteiger partial charge in [-0.25, -0.2) is 9.52 Å². The molecule has 106 valence electrons. The normalized spacial score (nSPS) is 24.3. The second-order valence-electron chi connectivity index (χ2n) is 4.24. The van der Waals surface area contributed by atoms with Gasteiger partial charge in [0.15, 0.2) is 0 Å². The van der Waals surface area contributed by atoms with Crippen molar-refractivity contribution in [3.63, 3.8) is 0 Å². The number of hydrogen-bond acceptors (Lipinski definition) is 6. The van der Waals surface area contributed by atoms with Crippen LogP contribution in [-0.2, 0) is 6.42 Å². The highest BCUT2D eigenvalue weighted by molar-refractivity contribution is 8.20. The fraction of sp³-hybridized carbons (Fsp3) is 0.364. The standard InChI is InChI=1S/C11H16N2O5S/c14-10-7-12-19(17,18)13(10)6-5-8-1-3-9(4-2-8)11(15)16/h1-4,10,12,14,17-18H,5-7H2,(H,15,16). The van der Waals surface area contributed by atoms with Gasteiger partial charge in [0.2, 0.25) is 0 Å². The Hall–Kier alpha value is -1.16. The fourth-order valence-electron chi connectivity index (χ4n) is 1.87. The minimum atomic E-state index is -3.09. The van der Waals surface area contributed by atoms with E-state index in [9.17, 15) is 19.0 Å².